The van der Waals surface area contributed by atoms with Crippen LogP contribution >= 0.6 is 27.5 Å². The van der Waals surface area contributed by atoms with Crippen molar-refractivity contribution in [2.45, 2.75) is 11.4 Å². The Hall–Kier alpha value is -2.59. The molecule has 0 radical (unpaired) electrons. The van der Waals surface area contributed by atoms with Gasteiger partial charge >= 0.3 is 0 Å². The zero-order chi connectivity index (χ0) is 22.3. The molecule has 1 aromatic heterocycles. The molecule has 1 amide bonds. The molecule has 0 aliphatic heterocycles. The van der Waals surface area contributed by atoms with E-state index in [1.165, 1.54) is 18.3 Å². The number of carbonyl (C=O) groups is 1. The number of aromatic nitrogens is 1. The van der Waals surface area contributed by atoms with Crippen LogP contribution in [0.5, 0.6) is 0 Å². The Labute approximate surface area is 193 Å². The van der Waals surface area contributed by atoms with Crippen LogP contribution < -0.4 is 5.43 Å². The fraction of sp³-hybridized carbons (Fsp3) is 0.0952. The number of carbonyl (C=O) groups excluding carboxylic acids is 1. The zero-order valence-corrected chi connectivity index (χ0v) is 19.3. The predicted octanol–water partition coefficient (Wildman–Crippen LogP) is 3.84. The fourth-order valence-electron chi connectivity index (χ4n) is 2.59. The highest BCUT2D eigenvalue weighted by Gasteiger charge is 2.27. The van der Waals surface area contributed by atoms with Crippen molar-refractivity contribution in [3.05, 3.63) is 93.7 Å². The molecule has 160 valence electrons. The number of halogens is 2. The molecule has 2 aromatic carbocycles. The second kappa shape index (κ2) is 10.6. The van der Waals surface area contributed by atoms with Crippen LogP contribution in [0.2, 0.25) is 5.02 Å². The molecule has 0 bridgehead atoms. The van der Waals surface area contributed by atoms with Crippen LogP contribution in [0.1, 0.15) is 11.3 Å². The van der Waals surface area contributed by atoms with Crippen molar-refractivity contribution in [1.29, 1.82) is 0 Å². The van der Waals surface area contributed by atoms with Gasteiger partial charge in [0.25, 0.3) is 5.91 Å². The Morgan fingerprint density at radius 2 is 1.81 bits per heavy atom. The molecule has 0 atom stereocenters. The lowest BCUT2D eigenvalue weighted by Crippen LogP contribution is -2.39. The van der Waals surface area contributed by atoms with E-state index in [2.05, 4.69) is 31.4 Å². The van der Waals surface area contributed by atoms with Crippen LogP contribution in [0.4, 0.5) is 0 Å². The maximum absolute atomic E-state index is 13.2. The van der Waals surface area contributed by atoms with Crippen LogP contribution in [0.25, 0.3) is 0 Å². The van der Waals surface area contributed by atoms with Gasteiger partial charge in [-0.2, -0.15) is 9.41 Å². The highest BCUT2D eigenvalue weighted by atomic mass is 79.9. The van der Waals surface area contributed by atoms with E-state index in [1.54, 1.807) is 60.8 Å². The summed E-state index contributed by atoms with van der Waals surface area (Å²) >= 11 is 9.21. The van der Waals surface area contributed by atoms with Gasteiger partial charge in [-0.25, -0.2) is 13.8 Å². The molecular weight excluding hydrogens is 504 g/mol. The Kier molecular flexibility index (Phi) is 7.91. The maximum Gasteiger partial charge on any atom is 0.255 e. The molecule has 31 heavy (non-hydrogen) atoms. The number of pyridine rings is 1. The third-order valence-corrected chi connectivity index (χ3v) is 6.70. The van der Waals surface area contributed by atoms with Gasteiger partial charge in [-0.1, -0.05) is 45.7 Å². The van der Waals surface area contributed by atoms with Crippen molar-refractivity contribution in [2.75, 3.05) is 6.54 Å². The SMILES string of the molecule is O=C(CN(Cc1ccc(Cl)cc1)S(=O)(=O)c1ccc(Br)cc1)N/N=C\c1ccccn1. The van der Waals surface area contributed by atoms with Crippen LogP contribution in [0.15, 0.2) is 87.4 Å². The van der Waals surface area contributed by atoms with Gasteiger partial charge in [0.05, 0.1) is 23.3 Å². The molecule has 3 rings (SSSR count). The van der Waals surface area contributed by atoms with E-state index in [1.807, 2.05) is 0 Å². The first-order valence-corrected chi connectivity index (χ1v) is 11.7. The number of nitrogens with zero attached hydrogens (tertiary/aromatic N) is 3. The maximum atomic E-state index is 13.2. The Bertz CT molecular complexity index is 1160. The lowest BCUT2D eigenvalue weighted by atomic mass is 10.2. The molecule has 0 aliphatic carbocycles. The number of nitrogens with one attached hydrogen (secondary N) is 1. The summed E-state index contributed by atoms with van der Waals surface area (Å²) in [5.41, 5.74) is 3.59. The summed E-state index contributed by atoms with van der Waals surface area (Å²) in [6.45, 7) is -0.423. The van der Waals surface area contributed by atoms with Gasteiger partial charge in [-0.3, -0.25) is 9.78 Å². The molecule has 0 saturated heterocycles. The number of benzene rings is 2. The van der Waals surface area contributed by atoms with Crippen molar-refractivity contribution in [3.8, 4) is 0 Å². The largest absolute Gasteiger partial charge is 0.272 e. The van der Waals surface area contributed by atoms with E-state index in [0.29, 0.717) is 16.3 Å². The van der Waals surface area contributed by atoms with E-state index in [9.17, 15) is 13.2 Å². The molecule has 7 nitrogen and oxygen atoms in total. The summed E-state index contributed by atoms with van der Waals surface area (Å²) in [6.07, 6.45) is 2.98. The second-order valence-electron chi connectivity index (χ2n) is 6.40. The third kappa shape index (κ3) is 6.70. The van der Waals surface area contributed by atoms with Crippen molar-refractivity contribution >= 4 is 49.7 Å². The molecular formula is C21H18BrClN4O3S. The number of hydrogen-bond acceptors (Lipinski definition) is 5. The minimum Gasteiger partial charge on any atom is -0.272 e. The van der Waals surface area contributed by atoms with E-state index in [0.717, 1.165) is 8.78 Å². The predicted molar refractivity (Wildman–Crippen MR) is 123 cm³/mol. The van der Waals surface area contributed by atoms with Crippen LogP contribution in [0.3, 0.4) is 0 Å². The summed E-state index contributed by atoms with van der Waals surface area (Å²) in [5.74, 6) is -0.582. The number of rotatable bonds is 8. The smallest absolute Gasteiger partial charge is 0.255 e. The van der Waals surface area contributed by atoms with Crippen molar-refractivity contribution in [1.82, 2.24) is 14.7 Å². The number of amides is 1. The lowest BCUT2D eigenvalue weighted by Gasteiger charge is -2.21. The van der Waals surface area contributed by atoms with E-state index in [-0.39, 0.29) is 11.4 Å². The first kappa shape index (κ1) is 23.1. The Morgan fingerprint density at radius 3 is 2.45 bits per heavy atom. The standard InChI is InChI=1S/C21H18BrClN4O3S/c22-17-6-10-20(11-7-17)31(29,30)27(14-16-4-8-18(23)9-5-16)15-21(28)26-25-13-19-3-1-2-12-24-19/h1-13H,14-15H2,(H,26,28)/b25-13-. The van der Waals surface area contributed by atoms with Gasteiger partial charge in [-0.15, -0.1) is 0 Å². The highest BCUT2D eigenvalue weighted by molar-refractivity contribution is 9.10. The monoisotopic (exact) mass is 520 g/mol. The summed E-state index contributed by atoms with van der Waals surface area (Å²) < 4.78 is 28.2. The van der Waals surface area contributed by atoms with Crippen LogP contribution in [0, 0.1) is 0 Å². The minimum absolute atomic E-state index is 0.00700. The van der Waals surface area contributed by atoms with Gasteiger partial charge in [0.1, 0.15) is 0 Å². The first-order chi connectivity index (χ1) is 14.8. The van der Waals surface area contributed by atoms with Crippen LogP contribution in [-0.2, 0) is 21.4 Å². The molecule has 0 aliphatic rings. The molecule has 0 unspecified atom stereocenters. The number of hydrogen-bond donors (Lipinski definition) is 1. The average molecular weight is 522 g/mol. The summed E-state index contributed by atoms with van der Waals surface area (Å²) in [5, 5.41) is 4.38. The first-order valence-electron chi connectivity index (χ1n) is 9.08. The molecule has 0 saturated carbocycles. The molecule has 1 N–H and O–H groups in total. The van der Waals surface area contributed by atoms with Crippen LogP contribution in [-0.4, -0.2) is 36.4 Å². The van der Waals surface area contributed by atoms with Crippen molar-refractivity contribution in [3.63, 3.8) is 0 Å². The fourth-order valence-corrected chi connectivity index (χ4v) is 4.37. The molecule has 1 heterocycles. The van der Waals surface area contributed by atoms with E-state index in [4.69, 9.17) is 11.6 Å². The van der Waals surface area contributed by atoms with E-state index >= 15 is 0 Å². The number of hydrazone groups is 1. The van der Waals surface area contributed by atoms with Gasteiger partial charge in [-0.05, 0) is 54.1 Å². The van der Waals surface area contributed by atoms with Crippen molar-refractivity contribution < 1.29 is 13.2 Å². The molecule has 0 fully saturated rings. The Balaban J connectivity index is 1.79. The second-order valence-corrected chi connectivity index (χ2v) is 9.69. The van der Waals surface area contributed by atoms with Gasteiger partial charge in [0, 0.05) is 22.2 Å². The number of sulfonamides is 1. The highest BCUT2D eigenvalue weighted by Crippen LogP contribution is 2.21. The lowest BCUT2D eigenvalue weighted by molar-refractivity contribution is -0.121. The molecule has 3 aromatic rings. The molecule has 10 heteroatoms. The Morgan fingerprint density at radius 1 is 1.10 bits per heavy atom. The van der Waals surface area contributed by atoms with E-state index < -0.39 is 22.5 Å². The zero-order valence-electron chi connectivity index (χ0n) is 16.2. The third-order valence-electron chi connectivity index (χ3n) is 4.12. The summed E-state index contributed by atoms with van der Waals surface area (Å²) in [4.78, 5) is 16.6. The quantitative estimate of drug-likeness (QED) is 0.360. The van der Waals surface area contributed by atoms with Gasteiger partial charge in [0.15, 0.2) is 0 Å². The van der Waals surface area contributed by atoms with Gasteiger partial charge in [0.2, 0.25) is 10.0 Å². The summed E-state index contributed by atoms with van der Waals surface area (Å²) in [6, 6.07) is 18.2. The van der Waals surface area contributed by atoms with Crippen molar-refractivity contribution in [2.24, 2.45) is 5.10 Å². The average Bonchev–Trinajstić information content (AvgIpc) is 2.76. The van der Waals surface area contributed by atoms with Gasteiger partial charge < -0.3 is 0 Å². The topological polar surface area (TPSA) is 91.7 Å². The molecule has 0 spiro atoms. The normalized spacial score (nSPS) is 11.7. The minimum atomic E-state index is -3.94. The summed E-state index contributed by atoms with van der Waals surface area (Å²) in [7, 11) is -3.94.